The normalized spacial score (nSPS) is 17.5. The molecule has 0 radical (unpaired) electrons. The summed E-state index contributed by atoms with van der Waals surface area (Å²) in [4.78, 5) is 23.8. The summed E-state index contributed by atoms with van der Waals surface area (Å²) in [5.41, 5.74) is 2.87. The molecule has 2 aromatic carbocycles. The van der Waals surface area contributed by atoms with E-state index in [9.17, 15) is 13.6 Å². The van der Waals surface area contributed by atoms with Gasteiger partial charge in [-0.3, -0.25) is 4.79 Å². The summed E-state index contributed by atoms with van der Waals surface area (Å²) in [6, 6.07) is 11.9. The number of allylic oxidation sites excluding steroid dienone is 1. The topological polar surface area (TPSA) is 59.7 Å². The fourth-order valence-corrected chi connectivity index (χ4v) is 3.85. The van der Waals surface area contributed by atoms with Gasteiger partial charge in [-0.15, -0.1) is 0 Å². The van der Waals surface area contributed by atoms with Crippen molar-refractivity contribution < 1.29 is 18.3 Å². The third kappa shape index (κ3) is 3.91. The number of ether oxygens (including phenoxy) is 1. The molecule has 32 heavy (non-hydrogen) atoms. The van der Waals surface area contributed by atoms with Crippen molar-refractivity contribution in [1.82, 2.24) is 14.5 Å². The van der Waals surface area contributed by atoms with E-state index in [4.69, 9.17) is 4.74 Å². The SMILES string of the molecule is CC1N=C2CCN(C(=O)Cc3nc(-c4ccc(F)cc4)cn3-c3ccc(F)cc3)C=C2O1. The number of aliphatic imine (C=N–C) groups is 1. The van der Waals surface area contributed by atoms with E-state index in [0.29, 0.717) is 35.9 Å². The van der Waals surface area contributed by atoms with E-state index in [1.54, 1.807) is 46.1 Å². The third-order valence-electron chi connectivity index (χ3n) is 5.44. The highest BCUT2D eigenvalue weighted by Crippen LogP contribution is 2.25. The molecule has 1 aromatic heterocycles. The van der Waals surface area contributed by atoms with Gasteiger partial charge in [-0.2, -0.15) is 0 Å². The predicted octanol–water partition coefficient (Wildman–Crippen LogP) is 4.25. The second kappa shape index (κ2) is 8.03. The van der Waals surface area contributed by atoms with E-state index in [-0.39, 0.29) is 30.2 Å². The molecule has 0 fully saturated rings. The standard InChI is InChI=1S/C24H20F2N4O2/c1-15-27-20-10-11-29(14-22(20)32-15)24(31)12-23-28-21(16-2-4-17(25)5-3-16)13-30(23)19-8-6-18(26)7-9-19/h2-9,13-15H,10-12H2,1H3. The molecule has 3 aromatic rings. The Kier molecular flexibility index (Phi) is 5.05. The van der Waals surface area contributed by atoms with Crippen molar-refractivity contribution in [2.75, 3.05) is 6.54 Å². The molecule has 2 aliphatic heterocycles. The second-order valence-electron chi connectivity index (χ2n) is 7.70. The largest absolute Gasteiger partial charge is 0.466 e. The number of imidazole rings is 1. The van der Waals surface area contributed by atoms with Gasteiger partial charge in [0, 0.05) is 30.4 Å². The predicted molar refractivity (Wildman–Crippen MR) is 115 cm³/mol. The van der Waals surface area contributed by atoms with Crippen LogP contribution in [0.1, 0.15) is 19.2 Å². The van der Waals surface area contributed by atoms with Crippen LogP contribution in [0.2, 0.25) is 0 Å². The number of benzene rings is 2. The number of carbonyl (C=O) groups is 1. The van der Waals surface area contributed by atoms with E-state index < -0.39 is 0 Å². The zero-order valence-electron chi connectivity index (χ0n) is 17.3. The highest BCUT2D eigenvalue weighted by atomic mass is 19.1. The van der Waals surface area contributed by atoms with Crippen molar-refractivity contribution in [2.45, 2.75) is 26.0 Å². The molecule has 1 atom stereocenters. The van der Waals surface area contributed by atoms with Crippen LogP contribution in [0.4, 0.5) is 8.78 Å². The van der Waals surface area contributed by atoms with Crippen molar-refractivity contribution >= 4 is 11.6 Å². The average Bonchev–Trinajstić information content (AvgIpc) is 3.36. The Labute approximate surface area is 183 Å². The molecule has 2 aliphatic rings. The van der Waals surface area contributed by atoms with Crippen molar-refractivity contribution in [3.05, 3.63) is 84.1 Å². The zero-order valence-corrected chi connectivity index (χ0v) is 17.3. The summed E-state index contributed by atoms with van der Waals surface area (Å²) < 4.78 is 34.2. The fourth-order valence-electron chi connectivity index (χ4n) is 3.85. The molecule has 0 N–H and O–H groups in total. The Morgan fingerprint density at radius 1 is 1.09 bits per heavy atom. The minimum absolute atomic E-state index is 0.0321. The van der Waals surface area contributed by atoms with Crippen LogP contribution in [0, 0.1) is 11.6 Å². The van der Waals surface area contributed by atoms with Gasteiger partial charge in [0.1, 0.15) is 17.5 Å². The van der Waals surface area contributed by atoms with Gasteiger partial charge in [0.15, 0.2) is 12.0 Å². The van der Waals surface area contributed by atoms with Crippen LogP contribution in [0.3, 0.4) is 0 Å². The summed E-state index contributed by atoms with van der Waals surface area (Å²) in [7, 11) is 0. The zero-order chi connectivity index (χ0) is 22.2. The lowest BCUT2D eigenvalue weighted by Crippen LogP contribution is -2.34. The number of nitrogens with zero attached hydrogens (tertiary/aromatic N) is 4. The van der Waals surface area contributed by atoms with Crippen LogP contribution in [-0.4, -0.2) is 38.8 Å². The second-order valence-corrected chi connectivity index (χ2v) is 7.70. The summed E-state index contributed by atoms with van der Waals surface area (Å²) in [5, 5.41) is 0. The molecule has 8 heteroatoms. The van der Waals surface area contributed by atoms with Crippen LogP contribution in [0.5, 0.6) is 0 Å². The summed E-state index contributed by atoms with van der Waals surface area (Å²) in [6.45, 7) is 2.37. The molecule has 6 nitrogen and oxygen atoms in total. The molecule has 1 amide bonds. The number of halogens is 2. The Balaban J connectivity index is 1.47. The quantitative estimate of drug-likeness (QED) is 0.617. The van der Waals surface area contributed by atoms with Gasteiger partial charge in [0.05, 0.1) is 24.0 Å². The maximum atomic E-state index is 13.4. The van der Waals surface area contributed by atoms with Crippen molar-refractivity contribution in [3.63, 3.8) is 0 Å². The highest BCUT2D eigenvalue weighted by molar-refractivity contribution is 6.01. The van der Waals surface area contributed by atoms with Gasteiger partial charge in [-0.25, -0.2) is 18.8 Å². The molecule has 5 rings (SSSR count). The van der Waals surface area contributed by atoms with Gasteiger partial charge < -0.3 is 14.2 Å². The fraction of sp³-hybridized carbons (Fsp3) is 0.208. The molecule has 0 saturated carbocycles. The van der Waals surface area contributed by atoms with Gasteiger partial charge in [-0.1, -0.05) is 0 Å². The molecule has 0 bridgehead atoms. The average molecular weight is 434 g/mol. The summed E-state index contributed by atoms with van der Waals surface area (Å²) >= 11 is 0. The summed E-state index contributed by atoms with van der Waals surface area (Å²) in [6.07, 6.45) is 3.89. The Morgan fingerprint density at radius 2 is 1.78 bits per heavy atom. The van der Waals surface area contributed by atoms with Crippen molar-refractivity contribution in [3.8, 4) is 16.9 Å². The third-order valence-corrected chi connectivity index (χ3v) is 5.44. The number of fused-ring (bicyclic) bond motifs is 1. The molecule has 0 spiro atoms. The monoisotopic (exact) mass is 434 g/mol. The van der Waals surface area contributed by atoms with Crippen molar-refractivity contribution in [2.24, 2.45) is 4.99 Å². The van der Waals surface area contributed by atoms with Crippen LogP contribution in [0.25, 0.3) is 16.9 Å². The number of hydrogen-bond donors (Lipinski definition) is 0. The van der Waals surface area contributed by atoms with E-state index >= 15 is 0 Å². The maximum Gasteiger partial charge on any atom is 0.234 e. The van der Waals surface area contributed by atoms with Crippen molar-refractivity contribution in [1.29, 1.82) is 0 Å². The molecular weight excluding hydrogens is 414 g/mol. The first-order valence-corrected chi connectivity index (χ1v) is 10.3. The van der Waals surface area contributed by atoms with E-state index in [1.165, 1.54) is 24.3 Å². The first-order valence-electron chi connectivity index (χ1n) is 10.3. The van der Waals surface area contributed by atoms with Gasteiger partial charge in [0.25, 0.3) is 0 Å². The van der Waals surface area contributed by atoms with E-state index in [0.717, 1.165) is 11.3 Å². The lowest BCUT2D eigenvalue weighted by atomic mass is 10.1. The number of amides is 1. The smallest absolute Gasteiger partial charge is 0.234 e. The maximum absolute atomic E-state index is 13.4. The van der Waals surface area contributed by atoms with E-state index in [1.807, 2.05) is 6.92 Å². The van der Waals surface area contributed by atoms with Crippen LogP contribution >= 0.6 is 0 Å². The number of aromatic nitrogens is 2. The Hall–Kier alpha value is -3.81. The first-order chi connectivity index (χ1) is 15.5. The van der Waals surface area contributed by atoms with Crippen LogP contribution in [0.15, 0.2) is 71.7 Å². The number of hydrogen-bond acceptors (Lipinski definition) is 4. The van der Waals surface area contributed by atoms with Gasteiger partial charge >= 0.3 is 0 Å². The van der Waals surface area contributed by atoms with Gasteiger partial charge in [0.2, 0.25) is 5.91 Å². The first kappa shape index (κ1) is 20.1. The lowest BCUT2D eigenvalue weighted by Gasteiger charge is -2.23. The molecular formula is C24H20F2N4O2. The summed E-state index contributed by atoms with van der Waals surface area (Å²) in [5.74, 6) is 0.296. The molecule has 3 heterocycles. The highest BCUT2D eigenvalue weighted by Gasteiger charge is 2.28. The van der Waals surface area contributed by atoms with E-state index in [2.05, 4.69) is 9.98 Å². The Morgan fingerprint density at radius 3 is 2.50 bits per heavy atom. The molecule has 0 aliphatic carbocycles. The molecule has 1 unspecified atom stereocenters. The Bertz CT molecular complexity index is 1230. The van der Waals surface area contributed by atoms with Crippen LogP contribution < -0.4 is 0 Å². The minimum Gasteiger partial charge on any atom is -0.466 e. The lowest BCUT2D eigenvalue weighted by molar-refractivity contribution is -0.128. The molecule has 162 valence electrons. The number of carbonyl (C=O) groups excluding carboxylic acids is 1. The number of rotatable bonds is 4. The van der Waals surface area contributed by atoms with Crippen LogP contribution in [-0.2, 0) is 16.0 Å². The molecule has 0 saturated heterocycles. The minimum atomic E-state index is -0.353. The van der Waals surface area contributed by atoms with Gasteiger partial charge in [-0.05, 0) is 55.5 Å².